The van der Waals surface area contributed by atoms with Crippen LogP contribution in [0.15, 0.2) is 75.8 Å². The minimum atomic E-state index is -0.389. The molecule has 11 heterocycles. The van der Waals surface area contributed by atoms with Crippen molar-refractivity contribution < 1.29 is 51.8 Å². The largest absolute Gasteiger partial charge is 0.502 e. The lowest BCUT2D eigenvalue weighted by atomic mass is 10.0. The molecule has 0 atom stereocenters. The maximum absolute atomic E-state index is 11.6. The molecule has 34 nitrogen and oxygen atoms in total. The van der Waals surface area contributed by atoms with Crippen molar-refractivity contribution in [2.75, 3.05) is 66.0 Å². The van der Waals surface area contributed by atoms with E-state index in [9.17, 15) is 43.2 Å². The lowest BCUT2D eigenvalue weighted by Gasteiger charge is -2.23. The molecule has 120 heavy (non-hydrogen) atoms. The lowest BCUT2D eigenvalue weighted by molar-refractivity contribution is -0.127. The number of imide groups is 2. The van der Waals surface area contributed by atoms with Gasteiger partial charge in [0.15, 0.2) is 27.2 Å². The maximum Gasteiger partial charge on any atom is 0.327 e. The van der Waals surface area contributed by atoms with Crippen molar-refractivity contribution in [1.29, 1.82) is 0 Å². The van der Waals surface area contributed by atoms with Gasteiger partial charge >= 0.3 is 18.1 Å². The van der Waals surface area contributed by atoms with E-state index in [-0.39, 0.29) is 150 Å². The molecule has 5 fully saturated rings. The van der Waals surface area contributed by atoms with Gasteiger partial charge in [0.1, 0.15) is 53.4 Å². The zero-order chi connectivity index (χ0) is 88.3. The van der Waals surface area contributed by atoms with Crippen LogP contribution in [0.4, 0.5) is 14.4 Å². The smallest absolute Gasteiger partial charge is 0.327 e. The number of carbonyl (C=O) groups excluding carboxylic acids is 6. The summed E-state index contributed by atoms with van der Waals surface area (Å²) < 4.78 is 21.2. The molecule has 11 rings (SSSR count). The second-order valence-corrected chi connectivity index (χ2v) is 31.6. The number of thiocarbonyl (C=S) groups is 4. The molecule has 6 aromatic heterocycles. The summed E-state index contributed by atoms with van der Waals surface area (Å²) in [6.07, 6.45) is 7.39. The van der Waals surface area contributed by atoms with Crippen LogP contribution in [0.1, 0.15) is 293 Å². The van der Waals surface area contributed by atoms with E-state index in [1.165, 1.54) is 44.9 Å². The summed E-state index contributed by atoms with van der Waals surface area (Å²) in [6, 6.07) is 3.54. The monoisotopic (exact) mass is 1760 g/mol. The average molecular weight is 1760 g/mol. The summed E-state index contributed by atoms with van der Waals surface area (Å²) >= 11 is 20.8. The maximum atomic E-state index is 11.6. The van der Waals surface area contributed by atoms with Crippen LogP contribution in [0.5, 0.6) is 5.75 Å². The van der Waals surface area contributed by atoms with E-state index >= 15 is 0 Å². The Hall–Kier alpha value is -9.56. The molecule has 0 unspecified atom stereocenters. The molecule has 6 aromatic rings. The van der Waals surface area contributed by atoms with Crippen molar-refractivity contribution in [2.24, 2.45) is 0 Å². The summed E-state index contributed by atoms with van der Waals surface area (Å²) in [6.45, 7) is 60.6. The molecule has 0 radical (unpaired) electrons. The number of aromatic nitrogens is 10. The van der Waals surface area contributed by atoms with Gasteiger partial charge in [-0.1, -0.05) is 141 Å². The molecular formula is C82H146N20O14S4. The predicted octanol–water partition coefficient (Wildman–Crippen LogP) is 15.4. The Morgan fingerprint density at radius 3 is 1.19 bits per heavy atom. The van der Waals surface area contributed by atoms with Crippen molar-refractivity contribution in [3.8, 4) is 5.75 Å². The van der Waals surface area contributed by atoms with Crippen LogP contribution >= 0.6 is 48.9 Å². The number of nitrogens with one attached hydrogen (secondary N) is 2. The number of hydrogen-bond donors (Lipinski definition) is 3. The number of hydrogen-bond acceptors (Lipinski definition) is 25. The number of tetrazole rings is 2. The standard InChI is InChI=1S/C9H12O2.C8H14N2O2.2C8H14N2OS.C8H14N2S2.C8H10O3.C7H12N2O2.C7H11NO.C6H9NO2.2C4H8N4.5CH4/c1-6(2)8-5-11-4-7(3)9(8)10;1-4-9-5-7(11)10(6(2)3)8(9)12;1-4-9-5-7(12)10(6(2)3)8(9)11;2*1-4-9-5-7(11)10(6(2)3)8(9)12;1-5(2)8-3-6(9)7(10)4-11-8;1-5(2)9-6(10)4-8(3)7(9)11;1-5(2)7-4-9-8-6(7)3;1-4(2)5-3-6(8)7-9-5;1-4(2)8-3-5-6-7-8;1-3(2)4-5-7-8-6-4;;;;;/h4-6H,1-3H3;4*6H,4-5H2,1-3H3;3-5,10H,1-2H3;5H,4H2,1-3H3;4-5H,1-3H3;3-4H,1-2H3,(H,7,8);3-4H,1-2H3;3H,1-2H3,(H,5,6,7,8);5*1H4. The minimum absolute atomic E-state index is 0. The normalized spacial score (nSPS) is 14.0. The highest BCUT2D eigenvalue weighted by molar-refractivity contribution is 7.82. The number of carbonyl (C=O) groups is 6. The van der Waals surface area contributed by atoms with Crippen LogP contribution in [0.25, 0.3) is 0 Å². The Kier molecular flexibility index (Phi) is 57.9. The number of H-pyrrole nitrogens is 2. The fraction of sp³-hybridized carbons (Fsp3) is 0.659. The molecule has 0 spiro atoms. The van der Waals surface area contributed by atoms with Gasteiger partial charge < -0.3 is 52.4 Å². The van der Waals surface area contributed by atoms with Gasteiger partial charge in [0, 0.05) is 116 Å². The molecule has 0 aromatic carbocycles. The Labute approximate surface area is 735 Å². The first-order valence-electron chi connectivity index (χ1n) is 38.5. The third-order valence-electron chi connectivity index (χ3n) is 16.9. The van der Waals surface area contributed by atoms with E-state index in [2.05, 4.69) is 86.0 Å². The summed E-state index contributed by atoms with van der Waals surface area (Å²) in [5, 5.41) is 40.3. The van der Waals surface area contributed by atoms with Crippen molar-refractivity contribution >= 4 is 105 Å². The molecule has 3 N–H and O–H groups in total. The highest BCUT2D eigenvalue weighted by Crippen LogP contribution is 2.21. The van der Waals surface area contributed by atoms with Gasteiger partial charge in [0.25, 0.3) is 17.4 Å². The van der Waals surface area contributed by atoms with E-state index in [1.54, 1.807) is 50.8 Å². The van der Waals surface area contributed by atoms with Crippen LogP contribution < -0.4 is 16.4 Å². The molecule has 5 saturated heterocycles. The van der Waals surface area contributed by atoms with Crippen LogP contribution in [0.3, 0.4) is 0 Å². The molecule has 0 bridgehead atoms. The summed E-state index contributed by atoms with van der Waals surface area (Å²) in [4.78, 5) is 119. The van der Waals surface area contributed by atoms with Crippen molar-refractivity contribution in [3.05, 3.63) is 114 Å². The second kappa shape index (κ2) is 58.4. The van der Waals surface area contributed by atoms with Crippen LogP contribution in [-0.2, 0) is 14.4 Å². The van der Waals surface area contributed by atoms with Gasteiger partial charge in [-0.25, -0.2) is 19.1 Å². The van der Waals surface area contributed by atoms with Crippen LogP contribution in [-0.4, -0.2) is 257 Å². The van der Waals surface area contributed by atoms with E-state index in [0.29, 0.717) is 65.8 Å². The van der Waals surface area contributed by atoms with Crippen LogP contribution in [0.2, 0.25) is 0 Å². The van der Waals surface area contributed by atoms with E-state index in [4.69, 9.17) is 71.9 Å². The Morgan fingerprint density at radius 1 is 0.483 bits per heavy atom. The number of aryl methyl sites for hydroxylation is 2. The van der Waals surface area contributed by atoms with Gasteiger partial charge in [-0.2, -0.15) is 10.4 Å². The SMILES string of the molecule is C.C.C.C.C.CC(C)N1C(=O)CN(C)C1=O.CC(C)c1cc(=O)[nH]o1.CC(C)c1cc(=O)c(O)co1.CC(C)c1nn[nH]n1.CC(C)n1cnnn1.CCN1CC(=O)N(C(C)C)C1=O.CCN1CC(=O)N(C(C)C)C1=S.CCN1CC(=S)N(C(C)C)C1=O.CCN1CC(=S)N(C(C)C)C1=S.Cc1cocc(C(C)C)c1=O.Cc1nocc1C(C)C. The number of nitrogens with zero attached hydrogens (tertiary/aromatic N) is 18. The fourth-order valence-corrected chi connectivity index (χ4v) is 12.3. The van der Waals surface area contributed by atoms with E-state index in [1.807, 2.05) is 162 Å². The van der Waals surface area contributed by atoms with Crippen molar-refractivity contribution in [3.63, 3.8) is 0 Å². The number of likely N-dealkylation sites (N-methyl/N-ethyl adjacent to an activating group) is 5. The molecule has 9 amide bonds. The quantitative estimate of drug-likeness (QED) is 0.0635. The molecule has 38 heteroatoms. The average Bonchev–Trinajstić information content (AvgIpc) is 1.72. The first-order chi connectivity index (χ1) is 53.6. The zero-order valence-corrected chi connectivity index (χ0v) is 76.0. The summed E-state index contributed by atoms with van der Waals surface area (Å²) in [5.41, 5.74) is 3.19. The van der Waals surface area contributed by atoms with Crippen molar-refractivity contribution in [1.82, 2.24) is 100 Å². The first-order valence-corrected chi connectivity index (χ1v) is 40.2. The molecule has 682 valence electrons. The first kappa shape index (κ1) is 119. The van der Waals surface area contributed by atoms with Gasteiger partial charge in [0.2, 0.25) is 11.3 Å². The Bertz CT molecular complexity index is 3980. The molecule has 5 aliphatic rings. The predicted molar refractivity (Wildman–Crippen MR) is 492 cm³/mol. The Morgan fingerprint density at radius 2 is 0.925 bits per heavy atom. The molecule has 5 aliphatic heterocycles. The van der Waals surface area contributed by atoms with Gasteiger partial charge in [-0.15, -0.1) is 15.3 Å². The van der Waals surface area contributed by atoms with Gasteiger partial charge in [0.05, 0.1) is 37.9 Å². The molecular weight excluding hydrogens is 1620 g/mol. The van der Waals surface area contributed by atoms with Gasteiger partial charge in [-0.3, -0.25) is 48.4 Å². The van der Waals surface area contributed by atoms with E-state index < -0.39 is 0 Å². The number of amides is 9. The topological polar surface area (TPSA) is 386 Å². The van der Waals surface area contributed by atoms with Gasteiger partial charge in [-0.05, 0) is 171 Å². The number of rotatable bonds is 15. The highest BCUT2D eigenvalue weighted by atomic mass is 32.1. The fourth-order valence-electron chi connectivity index (χ4n) is 10.4. The number of urea groups is 3. The summed E-state index contributed by atoms with van der Waals surface area (Å²) in [7, 11) is 1.63. The zero-order valence-electron chi connectivity index (χ0n) is 72.7. The van der Waals surface area contributed by atoms with E-state index in [0.717, 1.165) is 64.6 Å². The van der Waals surface area contributed by atoms with Crippen LogP contribution in [0, 0.1) is 13.8 Å². The number of aromatic hydroxyl groups is 1. The molecule has 0 saturated carbocycles. The third-order valence-corrected chi connectivity index (χ3v) is 18.5. The third kappa shape index (κ3) is 37.6. The minimum Gasteiger partial charge on any atom is -0.502 e. The van der Waals surface area contributed by atoms with Crippen molar-refractivity contribution in [2.45, 2.75) is 297 Å². The summed E-state index contributed by atoms with van der Waals surface area (Å²) in [5.74, 6) is 3.25. The highest BCUT2D eigenvalue weighted by Gasteiger charge is 2.38. The Balaban J connectivity index is -0.000000403. The molecule has 0 aliphatic carbocycles. The number of aromatic amines is 2. The lowest BCUT2D eigenvalue weighted by Crippen LogP contribution is -2.37. The second-order valence-electron chi connectivity index (χ2n) is 29.9.